The second-order valence-electron chi connectivity index (χ2n) is 8.45. The second-order valence-corrected chi connectivity index (χ2v) is 9.36. The summed E-state index contributed by atoms with van der Waals surface area (Å²) in [6.07, 6.45) is 3.77. The zero-order valence-electron chi connectivity index (χ0n) is 18.4. The molecule has 168 valence electrons. The number of ketones is 1. The molecule has 1 saturated heterocycles. The monoisotopic (exact) mass is 512 g/mol. The average molecular weight is 513 g/mol. The Morgan fingerprint density at radius 1 is 1.00 bits per heavy atom. The Labute approximate surface area is 206 Å². The van der Waals surface area contributed by atoms with Crippen molar-refractivity contribution < 1.29 is 14.3 Å². The van der Waals surface area contributed by atoms with Gasteiger partial charge >= 0.3 is 5.97 Å². The summed E-state index contributed by atoms with van der Waals surface area (Å²) in [6.45, 7) is 0. The molecule has 0 radical (unpaired) electrons. The number of rotatable bonds is 4. The van der Waals surface area contributed by atoms with Crippen molar-refractivity contribution >= 4 is 39.4 Å². The van der Waals surface area contributed by atoms with E-state index in [1.54, 1.807) is 12.1 Å². The van der Waals surface area contributed by atoms with Crippen LogP contribution in [0.2, 0.25) is 0 Å². The third-order valence-electron chi connectivity index (χ3n) is 6.81. The van der Waals surface area contributed by atoms with Gasteiger partial charge in [-0.15, -0.1) is 0 Å². The highest BCUT2D eigenvalue weighted by atomic mass is 79.9. The summed E-state index contributed by atoms with van der Waals surface area (Å²) < 4.78 is 6.10. The molecule has 0 bridgehead atoms. The lowest BCUT2D eigenvalue weighted by Gasteiger charge is -2.36. The lowest BCUT2D eigenvalue weighted by Crippen LogP contribution is -2.46. The number of para-hydroxylation sites is 1. The Hall–Kier alpha value is -3.69. The predicted molar refractivity (Wildman–Crippen MR) is 133 cm³/mol. The first-order chi connectivity index (χ1) is 16.5. The van der Waals surface area contributed by atoms with Gasteiger partial charge in [-0.05, 0) is 29.3 Å². The molecule has 5 rings (SSSR count). The zero-order valence-corrected chi connectivity index (χ0v) is 20.0. The molecule has 0 spiro atoms. The zero-order chi connectivity index (χ0) is 23.9. The Kier molecular flexibility index (Phi) is 5.59. The first-order valence-electron chi connectivity index (χ1n) is 10.9. The summed E-state index contributed by atoms with van der Waals surface area (Å²) in [5, 5.41) is 10.6. The molecule has 0 saturated carbocycles. The van der Waals surface area contributed by atoms with Gasteiger partial charge in [0.05, 0.1) is 19.2 Å². The quantitative estimate of drug-likeness (QED) is 0.346. The van der Waals surface area contributed by atoms with E-state index in [2.05, 4.69) is 22.0 Å². The van der Waals surface area contributed by atoms with Crippen LogP contribution in [0.25, 0.3) is 6.08 Å². The number of nitrogens with zero attached hydrogens (tertiary/aromatic N) is 2. The third-order valence-corrected chi connectivity index (χ3v) is 7.34. The molecule has 2 heterocycles. The van der Waals surface area contributed by atoms with Crippen LogP contribution in [-0.4, -0.2) is 30.9 Å². The summed E-state index contributed by atoms with van der Waals surface area (Å²) in [4.78, 5) is 29.5. The maximum Gasteiger partial charge on any atom is 0.329 e. The molecule has 0 amide bonds. The van der Waals surface area contributed by atoms with Crippen LogP contribution in [0.1, 0.15) is 27.4 Å². The minimum absolute atomic E-state index is 0.148. The largest absolute Gasteiger partial charge is 0.468 e. The van der Waals surface area contributed by atoms with E-state index in [-0.39, 0.29) is 5.78 Å². The third kappa shape index (κ3) is 3.19. The SMILES string of the molecule is COC(=O)[C@@]1(C#N)[C@H](c2ccc(Br)cc2)[C@@H](C(=O)c2ccccc2)N2c3ccccc3C=C[C@@H]21. The highest BCUT2D eigenvalue weighted by Gasteiger charge is 2.67. The molecule has 3 aromatic carbocycles. The molecule has 4 atom stereocenters. The van der Waals surface area contributed by atoms with E-state index in [1.165, 1.54) is 7.11 Å². The van der Waals surface area contributed by atoms with Crippen molar-refractivity contribution in [3.05, 3.63) is 106 Å². The number of Topliss-reactive ketones (excluding diaryl/α,β-unsaturated/α-hetero) is 1. The molecule has 34 heavy (non-hydrogen) atoms. The van der Waals surface area contributed by atoms with Gasteiger partial charge in [0.25, 0.3) is 0 Å². The Morgan fingerprint density at radius 3 is 2.35 bits per heavy atom. The van der Waals surface area contributed by atoms with Crippen LogP contribution >= 0.6 is 15.9 Å². The predicted octanol–water partition coefficient (Wildman–Crippen LogP) is 5.38. The van der Waals surface area contributed by atoms with Crippen molar-refractivity contribution in [1.82, 2.24) is 0 Å². The fourth-order valence-electron chi connectivity index (χ4n) is 5.35. The molecule has 5 nitrogen and oxygen atoms in total. The van der Waals surface area contributed by atoms with E-state index in [4.69, 9.17) is 4.74 Å². The number of carbonyl (C=O) groups excluding carboxylic acids is 2. The van der Waals surface area contributed by atoms with E-state index in [0.717, 1.165) is 21.3 Å². The number of carbonyl (C=O) groups is 2. The number of ether oxygens (including phenoxy) is 1. The number of fused-ring (bicyclic) bond motifs is 3. The van der Waals surface area contributed by atoms with E-state index in [0.29, 0.717) is 5.56 Å². The fourth-order valence-corrected chi connectivity index (χ4v) is 5.62. The Bertz CT molecular complexity index is 1330. The molecule has 0 aromatic heterocycles. The van der Waals surface area contributed by atoms with Crippen LogP contribution in [0.15, 0.2) is 89.4 Å². The summed E-state index contributed by atoms with van der Waals surface area (Å²) in [5.74, 6) is -1.55. The minimum Gasteiger partial charge on any atom is -0.468 e. The molecular formula is C28H21BrN2O3. The summed E-state index contributed by atoms with van der Waals surface area (Å²) in [6, 6.07) is 25.1. The van der Waals surface area contributed by atoms with Crippen molar-refractivity contribution in [1.29, 1.82) is 5.26 Å². The molecule has 3 aromatic rings. The molecule has 2 aliphatic rings. The van der Waals surface area contributed by atoms with Crippen LogP contribution < -0.4 is 4.90 Å². The number of hydrogen-bond acceptors (Lipinski definition) is 5. The standard InChI is InChI=1S/C28H21BrN2O3/c1-34-27(33)28(17-30)23-16-13-18-7-5-6-10-22(18)31(23)25(26(32)20-8-3-2-4-9-20)24(28)19-11-14-21(29)15-12-19/h2-16,23-25H,1H3/t23-,24-,25+,28-/m1/s1. The van der Waals surface area contributed by atoms with Crippen molar-refractivity contribution in [2.75, 3.05) is 12.0 Å². The highest BCUT2D eigenvalue weighted by Crippen LogP contribution is 2.56. The van der Waals surface area contributed by atoms with Crippen molar-refractivity contribution in [3.63, 3.8) is 0 Å². The summed E-state index contributed by atoms with van der Waals surface area (Å²) >= 11 is 3.46. The van der Waals surface area contributed by atoms with Gasteiger partial charge in [-0.2, -0.15) is 5.26 Å². The normalized spacial score (nSPS) is 24.6. The average Bonchev–Trinajstić information content (AvgIpc) is 3.20. The Morgan fingerprint density at radius 2 is 1.68 bits per heavy atom. The van der Waals surface area contributed by atoms with Crippen LogP contribution in [0, 0.1) is 16.7 Å². The number of benzene rings is 3. The molecule has 2 aliphatic heterocycles. The second kappa shape index (κ2) is 8.58. The smallest absolute Gasteiger partial charge is 0.329 e. The fraction of sp³-hybridized carbons (Fsp3) is 0.179. The van der Waals surface area contributed by atoms with Crippen LogP contribution in [0.4, 0.5) is 5.69 Å². The molecule has 6 heteroatoms. The minimum atomic E-state index is -1.62. The molecular weight excluding hydrogens is 492 g/mol. The molecule has 0 aliphatic carbocycles. The highest BCUT2D eigenvalue weighted by molar-refractivity contribution is 9.10. The topological polar surface area (TPSA) is 70.4 Å². The number of halogens is 1. The van der Waals surface area contributed by atoms with Crippen LogP contribution in [0.3, 0.4) is 0 Å². The van der Waals surface area contributed by atoms with E-state index in [9.17, 15) is 14.9 Å². The number of anilines is 1. The lowest BCUT2D eigenvalue weighted by molar-refractivity contribution is -0.150. The Balaban J connectivity index is 1.82. The maximum atomic E-state index is 14.1. The number of esters is 1. The molecule has 0 unspecified atom stereocenters. The van der Waals surface area contributed by atoms with E-state index < -0.39 is 29.4 Å². The van der Waals surface area contributed by atoms with Gasteiger partial charge < -0.3 is 9.64 Å². The van der Waals surface area contributed by atoms with Gasteiger partial charge in [0.2, 0.25) is 0 Å². The van der Waals surface area contributed by atoms with Gasteiger partial charge in [-0.1, -0.05) is 88.7 Å². The van der Waals surface area contributed by atoms with Crippen LogP contribution in [0.5, 0.6) is 0 Å². The van der Waals surface area contributed by atoms with Gasteiger partial charge in [0, 0.05) is 21.6 Å². The molecule has 0 N–H and O–H groups in total. The summed E-state index contributed by atoms with van der Waals surface area (Å²) in [5.41, 5.74) is 1.37. The number of methoxy groups -OCH3 is 1. The van der Waals surface area contributed by atoms with Gasteiger partial charge in [0.1, 0.15) is 6.04 Å². The van der Waals surface area contributed by atoms with Gasteiger partial charge in [-0.3, -0.25) is 9.59 Å². The van der Waals surface area contributed by atoms with E-state index >= 15 is 0 Å². The number of hydrogen-bond donors (Lipinski definition) is 0. The van der Waals surface area contributed by atoms with Crippen molar-refractivity contribution in [2.24, 2.45) is 5.41 Å². The summed E-state index contributed by atoms with van der Waals surface area (Å²) in [7, 11) is 1.29. The molecule has 1 fully saturated rings. The van der Waals surface area contributed by atoms with Gasteiger partial charge in [-0.25, -0.2) is 0 Å². The van der Waals surface area contributed by atoms with Crippen molar-refractivity contribution in [2.45, 2.75) is 18.0 Å². The number of nitriles is 1. The first kappa shape index (κ1) is 22.1. The van der Waals surface area contributed by atoms with E-state index in [1.807, 2.05) is 83.8 Å². The van der Waals surface area contributed by atoms with Gasteiger partial charge in [0.15, 0.2) is 11.2 Å². The van der Waals surface area contributed by atoms with Crippen LogP contribution in [-0.2, 0) is 9.53 Å². The maximum absolute atomic E-state index is 14.1. The first-order valence-corrected chi connectivity index (χ1v) is 11.7. The van der Waals surface area contributed by atoms with Crippen molar-refractivity contribution in [3.8, 4) is 6.07 Å². The lowest BCUT2D eigenvalue weighted by atomic mass is 9.68.